The molecule has 1 aliphatic rings. The van der Waals surface area contributed by atoms with Gasteiger partial charge in [0, 0.05) is 42.5 Å². The average Bonchev–Trinajstić information content (AvgIpc) is 2.74. The summed E-state index contributed by atoms with van der Waals surface area (Å²) in [5, 5.41) is 0. The van der Waals surface area contributed by atoms with E-state index in [0.29, 0.717) is 18.9 Å². The molecule has 2 heterocycles. The first-order valence-corrected chi connectivity index (χ1v) is 9.24. The highest BCUT2D eigenvalue weighted by molar-refractivity contribution is 5.94. The van der Waals surface area contributed by atoms with E-state index in [4.69, 9.17) is 0 Å². The third kappa shape index (κ3) is 3.76. The number of benzene rings is 2. The summed E-state index contributed by atoms with van der Waals surface area (Å²) >= 11 is 0. The summed E-state index contributed by atoms with van der Waals surface area (Å²) in [4.78, 5) is 23.4. The molecule has 0 radical (unpaired) electrons. The van der Waals surface area contributed by atoms with Crippen LogP contribution in [0.15, 0.2) is 60.8 Å². The lowest BCUT2D eigenvalue weighted by molar-refractivity contribution is 0.0701. The fourth-order valence-electron chi connectivity index (χ4n) is 3.56. The number of rotatable bonds is 3. The zero-order chi connectivity index (χ0) is 19.5. The van der Waals surface area contributed by atoms with Gasteiger partial charge < -0.3 is 4.90 Å². The molecule has 0 spiro atoms. The minimum Gasteiger partial charge on any atom is -0.338 e. The number of carbonyl (C=O) groups is 1. The number of halogens is 2. The average molecular weight is 379 g/mol. The molecule has 2 aromatic carbocycles. The van der Waals surface area contributed by atoms with Crippen LogP contribution in [0.1, 0.15) is 34.8 Å². The number of hydrogen-bond acceptors (Lipinski definition) is 3. The molecule has 0 N–H and O–H groups in total. The van der Waals surface area contributed by atoms with Crippen LogP contribution in [0.2, 0.25) is 0 Å². The highest BCUT2D eigenvalue weighted by Gasteiger charge is 2.28. The molecule has 3 aromatic rings. The van der Waals surface area contributed by atoms with E-state index >= 15 is 0 Å². The summed E-state index contributed by atoms with van der Waals surface area (Å²) in [6.07, 6.45) is 3.41. The van der Waals surface area contributed by atoms with Gasteiger partial charge in [0.2, 0.25) is 0 Å². The van der Waals surface area contributed by atoms with Crippen LogP contribution < -0.4 is 0 Å². The quantitative estimate of drug-likeness (QED) is 0.676. The first-order chi connectivity index (χ1) is 13.6. The van der Waals surface area contributed by atoms with E-state index in [1.807, 2.05) is 36.4 Å². The molecule has 6 heteroatoms. The number of piperidine rings is 1. The van der Waals surface area contributed by atoms with Crippen molar-refractivity contribution in [1.29, 1.82) is 0 Å². The molecule has 28 heavy (non-hydrogen) atoms. The molecule has 0 unspecified atom stereocenters. The molecule has 0 bridgehead atoms. The van der Waals surface area contributed by atoms with Gasteiger partial charge >= 0.3 is 0 Å². The van der Waals surface area contributed by atoms with E-state index in [0.717, 1.165) is 36.2 Å². The Hall–Kier alpha value is -3.15. The molecule has 0 aliphatic carbocycles. The summed E-state index contributed by atoms with van der Waals surface area (Å²) in [6, 6.07) is 14.6. The van der Waals surface area contributed by atoms with Crippen LogP contribution in [0, 0.1) is 11.6 Å². The van der Waals surface area contributed by atoms with Crippen molar-refractivity contribution in [2.24, 2.45) is 0 Å². The fraction of sp³-hybridized carbons (Fsp3) is 0.227. The van der Waals surface area contributed by atoms with Crippen LogP contribution in [0.3, 0.4) is 0 Å². The van der Waals surface area contributed by atoms with Gasteiger partial charge in [-0.3, -0.25) is 4.79 Å². The maximum atomic E-state index is 14.0. The minimum absolute atomic E-state index is 0.0478. The first-order valence-electron chi connectivity index (χ1n) is 9.24. The van der Waals surface area contributed by atoms with E-state index in [1.54, 1.807) is 11.1 Å². The molecule has 0 saturated carbocycles. The van der Waals surface area contributed by atoms with E-state index in [2.05, 4.69) is 9.97 Å². The molecule has 1 fully saturated rings. The van der Waals surface area contributed by atoms with Crippen LogP contribution in [0.5, 0.6) is 0 Å². The smallest absolute Gasteiger partial charge is 0.256 e. The van der Waals surface area contributed by atoms with Gasteiger partial charge in [-0.1, -0.05) is 30.3 Å². The summed E-state index contributed by atoms with van der Waals surface area (Å²) in [7, 11) is 0. The maximum absolute atomic E-state index is 14.0. The summed E-state index contributed by atoms with van der Waals surface area (Å²) < 4.78 is 27.1. The number of amides is 1. The van der Waals surface area contributed by atoms with Crippen molar-refractivity contribution in [3.63, 3.8) is 0 Å². The molecular weight excluding hydrogens is 360 g/mol. The van der Waals surface area contributed by atoms with Crippen LogP contribution >= 0.6 is 0 Å². The van der Waals surface area contributed by atoms with Crippen molar-refractivity contribution in [2.45, 2.75) is 18.8 Å². The molecule has 1 aromatic heterocycles. The molecule has 1 atom stereocenters. The number of hydrogen-bond donors (Lipinski definition) is 0. The Morgan fingerprint density at radius 3 is 2.68 bits per heavy atom. The first kappa shape index (κ1) is 18.2. The zero-order valence-electron chi connectivity index (χ0n) is 15.2. The van der Waals surface area contributed by atoms with Crippen molar-refractivity contribution in [2.75, 3.05) is 13.1 Å². The SMILES string of the molecule is O=C(c1ccc(F)cc1F)N1CCC[C@H](c2ccnc(-c3ccccc3)n2)C1. The van der Waals surface area contributed by atoms with Gasteiger partial charge in [0.05, 0.1) is 5.56 Å². The Kier molecular flexibility index (Phi) is 5.10. The van der Waals surface area contributed by atoms with Crippen LogP contribution in [0.25, 0.3) is 11.4 Å². The van der Waals surface area contributed by atoms with E-state index in [-0.39, 0.29) is 11.5 Å². The lowest BCUT2D eigenvalue weighted by atomic mass is 9.94. The second-order valence-corrected chi connectivity index (χ2v) is 6.89. The van der Waals surface area contributed by atoms with Crippen molar-refractivity contribution < 1.29 is 13.6 Å². The van der Waals surface area contributed by atoms with Gasteiger partial charge in [-0.15, -0.1) is 0 Å². The number of likely N-dealkylation sites (tertiary alicyclic amines) is 1. The maximum Gasteiger partial charge on any atom is 0.256 e. The molecule has 142 valence electrons. The van der Waals surface area contributed by atoms with E-state index in [1.165, 1.54) is 6.07 Å². The van der Waals surface area contributed by atoms with Crippen molar-refractivity contribution in [3.05, 3.63) is 83.7 Å². The molecule has 4 rings (SSSR count). The highest BCUT2D eigenvalue weighted by atomic mass is 19.1. The molecule has 4 nitrogen and oxygen atoms in total. The third-order valence-corrected chi connectivity index (χ3v) is 5.00. The lowest BCUT2D eigenvalue weighted by Crippen LogP contribution is -2.39. The highest BCUT2D eigenvalue weighted by Crippen LogP contribution is 2.28. The minimum atomic E-state index is -0.833. The Labute approximate surface area is 161 Å². The Morgan fingerprint density at radius 1 is 1.07 bits per heavy atom. The topological polar surface area (TPSA) is 46.1 Å². The standard InChI is InChI=1S/C22H19F2N3O/c23-17-8-9-18(19(24)13-17)22(28)27-12-4-7-16(14-27)20-10-11-25-21(26-20)15-5-2-1-3-6-15/h1-3,5-6,8-11,13,16H,4,7,12,14H2/t16-/m0/s1. The van der Waals surface area contributed by atoms with Crippen LogP contribution in [-0.2, 0) is 0 Å². The second-order valence-electron chi connectivity index (χ2n) is 6.89. The summed E-state index contributed by atoms with van der Waals surface area (Å²) in [6.45, 7) is 0.990. The van der Waals surface area contributed by atoms with Crippen LogP contribution in [-0.4, -0.2) is 33.9 Å². The lowest BCUT2D eigenvalue weighted by Gasteiger charge is -2.32. The normalized spacial score (nSPS) is 16.8. The number of aromatic nitrogens is 2. The molecule has 1 aliphatic heterocycles. The molecular formula is C22H19F2N3O. The van der Waals surface area contributed by atoms with Crippen molar-refractivity contribution >= 4 is 5.91 Å². The van der Waals surface area contributed by atoms with Crippen molar-refractivity contribution in [3.8, 4) is 11.4 Å². The summed E-state index contributed by atoms with van der Waals surface area (Å²) in [5.41, 5.74) is 1.70. The van der Waals surface area contributed by atoms with E-state index in [9.17, 15) is 13.6 Å². The summed E-state index contributed by atoms with van der Waals surface area (Å²) in [5.74, 6) is -1.25. The largest absolute Gasteiger partial charge is 0.338 e. The number of carbonyl (C=O) groups excluding carboxylic acids is 1. The molecule has 1 amide bonds. The van der Waals surface area contributed by atoms with E-state index < -0.39 is 17.5 Å². The predicted octanol–water partition coefficient (Wildman–Crippen LogP) is 4.44. The Balaban J connectivity index is 1.55. The zero-order valence-corrected chi connectivity index (χ0v) is 15.2. The third-order valence-electron chi connectivity index (χ3n) is 5.00. The van der Waals surface area contributed by atoms with Gasteiger partial charge in [-0.25, -0.2) is 18.7 Å². The Morgan fingerprint density at radius 2 is 1.89 bits per heavy atom. The van der Waals surface area contributed by atoms with Gasteiger partial charge in [-0.2, -0.15) is 0 Å². The van der Waals surface area contributed by atoms with Crippen molar-refractivity contribution in [1.82, 2.24) is 14.9 Å². The molecule has 1 saturated heterocycles. The second kappa shape index (κ2) is 7.84. The number of nitrogens with zero attached hydrogens (tertiary/aromatic N) is 3. The van der Waals surface area contributed by atoms with Gasteiger partial charge in [-0.05, 0) is 31.0 Å². The predicted molar refractivity (Wildman–Crippen MR) is 102 cm³/mol. The van der Waals surface area contributed by atoms with Crippen LogP contribution in [0.4, 0.5) is 8.78 Å². The van der Waals surface area contributed by atoms with Gasteiger partial charge in [0.15, 0.2) is 5.82 Å². The fourth-order valence-corrected chi connectivity index (χ4v) is 3.56. The monoisotopic (exact) mass is 379 g/mol. The Bertz CT molecular complexity index is 994. The van der Waals surface area contributed by atoms with Gasteiger partial charge in [0.1, 0.15) is 11.6 Å². The van der Waals surface area contributed by atoms with Gasteiger partial charge in [0.25, 0.3) is 5.91 Å².